The highest BCUT2D eigenvalue weighted by molar-refractivity contribution is 5.65. The number of carbonyl (C=O) groups is 1. The lowest BCUT2D eigenvalue weighted by Crippen LogP contribution is -2.47. The zero-order valence-electron chi connectivity index (χ0n) is 17.3. The lowest BCUT2D eigenvalue weighted by molar-refractivity contribution is -0.144. The fourth-order valence-electron chi connectivity index (χ4n) is 4.81. The summed E-state index contributed by atoms with van der Waals surface area (Å²) in [6.07, 6.45) is 3.23. The average molecular weight is 376 g/mol. The number of hydrogen-bond donors (Lipinski definition) is 0. The van der Waals surface area contributed by atoms with Gasteiger partial charge in [0.1, 0.15) is 0 Å². The van der Waals surface area contributed by atoms with Gasteiger partial charge < -0.3 is 14.2 Å². The molecule has 3 rings (SSSR count). The van der Waals surface area contributed by atoms with E-state index < -0.39 is 0 Å². The van der Waals surface area contributed by atoms with Gasteiger partial charge in [0.25, 0.3) is 0 Å². The molecule has 1 saturated heterocycles. The van der Waals surface area contributed by atoms with Crippen LogP contribution in [0.4, 0.5) is 0 Å². The molecule has 5 nitrogen and oxygen atoms in total. The number of ether oxygens (including phenoxy) is 3. The third kappa shape index (κ3) is 4.40. The van der Waals surface area contributed by atoms with Gasteiger partial charge in [-0.15, -0.1) is 0 Å². The molecule has 0 bridgehead atoms. The first-order chi connectivity index (χ1) is 12.9. The monoisotopic (exact) mass is 375 g/mol. The number of esters is 1. The zero-order valence-corrected chi connectivity index (χ0v) is 17.3. The molecule has 2 heterocycles. The van der Waals surface area contributed by atoms with E-state index in [2.05, 4.69) is 30.9 Å². The van der Waals surface area contributed by atoms with Crippen LogP contribution in [0.3, 0.4) is 0 Å². The minimum Gasteiger partial charge on any atom is -0.493 e. The van der Waals surface area contributed by atoms with Crippen molar-refractivity contribution in [3.05, 3.63) is 23.3 Å². The van der Waals surface area contributed by atoms with E-state index in [1.165, 1.54) is 24.5 Å². The molecule has 3 unspecified atom stereocenters. The Labute approximate surface area is 163 Å². The molecule has 0 spiro atoms. The van der Waals surface area contributed by atoms with Crippen molar-refractivity contribution < 1.29 is 19.0 Å². The molecule has 27 heavy (non-hydrogen) atoms. The van der Waals surface area contributed by atoms with Crippen molar-refractivity contribution in [1.82, 2.24) is 4.90 Å². The fraction of sp³-hybridized carbons (Fsp3) is 0.682. The molecule has 0 radical (unpaired) electrons. The Hall–Kier alpha value is -1.75. The van der Waals surface area contributed by atoms with Crippen molar-refractivity contribution in [3.8, 4) is 11.5 Å². The topological polar surface area (TPSA) is 48.0 Å². The largest absolute Gasteiger partial charge is 0.493 e. The molecule has 3 atom stereocenters. The number of methoxy groups -OCH3 is 2. The van der Waals surface area contributed by atoms with E-state index in [-0.39, 0.29) is 5.97 Å². The van der Waals surface area contributed by atoms with E-state index in [0.717, 1.165) is 37.4 Å². The first-order valence-corrected chi connectivity index (χ1v) is 10.0. The van der Waals surface area contributed by atoms with Crippen molar-refractivity contribution in [2.24, 2.45) is 17.8 Å². The Bertz CT molecular complexity index is 673. The van der Waals surface area contributed by atoms with Gasteiger partial charge in [-0.05, 0) is 60.3 Å². The number of piperidine rings is 1. The van der Waals surface area contributed by atoms with Crippen LogP contribution in [-0.2, 0) is 16.0 Å². The predicted octanol–water partition coefficient (Wildman–Crippen LogP) is 3.85. The first kappa shape index (κ1) is 20.0. The molecule has 5 heteroatoms. The van der Waals surface area contributed by atoms with Gasteiger partial charge in [0.2, 0.25) is 0 Å². The van der Waals surface area contributed by atoms with Crippen LogP contribution in [0.5, 0.6) is 11.5 Å². The lowest BCUT2D eigenvalue weighted by Gasteiger charge is -2.47. The molecule has 2 aliphatic heterocycles. The molecule has 2 aliphatic rings. The zero-order chi connectivity index (χ0) is 19.6. The molecule has 1 fully saturated rings. The highest BCUT2D eigenvalue weighted by Crippen LogP contribution is 2.45. The summed E-state index contributed by atoms with van der Waals surface area (Å²) in [7, 11) is 3.37. The maximum atomic E-state index is 11.4. The summed E-state index contributed by atoms with van der Waals surface area (Å²) >= 11 is 0. The Balaban J connectivity index is 1.87. The van der Waals surface area contributed by atoms with Crippen LogP contribution >= 0.6 is 0 Å². The Morgan fingerprint density at radius 3 is 2.52 bits per heavy atom. The van der Waals surface area contributed by atoms with E-state index in [1.54, 1.807) is 14.2 Å². The van der Waals surface area contributed by atoms with E-state index in [1.807, 2.05) is 0 Å². The van der Waals surface area contributed by atoms with Crippen molar-refractivity contribution in [2.75, 3.05) is 33.9 Å². The number of carbonyl (C=O) groups excluding carboxylic acids is 1. The molecule has 0 aliphatic carbocycles. The molecule has 0 amide bonds. The third-order valence-corrected chi connectivity index (χ3v) is 6.05. The van der Waals surface area contributed by atoms with Crippen LogP contribution in [0, 0.1) is 17.8 Å². The summed E-state index contributed by atoms with van der Waals surface area (Å²) in [5.41, 5.74) is 2.69. The summed E-state index contributed by atoms with van der Waals surface area (Å²) < 4.78 is 16.5. The minimum absolute atomic E-state index is 0.184. The van der Waals surface area contributed by atoms with E-state index in [0.29, 0.717) is 30.4 Å². The predicted molar refractivity (Wildman–Crippen MR) is 105 cm³/mol. The highest BCUT2D eigenvalue weighted by atomic mass is 16.5. The van der Waals surface area contributed by atoms with Gasteiger partial charge in [0.15, 0.2) is 11.5 Å². The summed E-state index contributed by atoms with van der Waals surface area (Å²) in [6.45, 7) is 8.72. The van der Waals surface area contributed by atoms with Crippen molar-refractivity contribution >= 4 is 5.97 Å². The standard InChI is InChI=1S/C22H33NO4/c1-14(2)8-17-12-23-7-6-16-10-21(25-4)22(26-5)11-19(16)20(23)9-18(17)13-27-15(3)24/h10-11,14,17-18,20H,6-9,12-13H2,1-5H3. The van der Waals surface area contributed by atoms with Crippen LogP contribution < -0.4 is 9.47 Å². The Morgan fingerprint density at radius 1 is 1.19 bits per heavy atom. The molecular weight excluding hydrogens is 342 g/mol. The molecule has 1 aromatic rings. The van der Waals surface area contributed by atoms with Crippen LogP contribution in [0.1, 0.15) is 50.8 Å². The van der Waals surface area contributed by atoms with Crippen LogP contribution in [0.25, 0.3) is 0 Å². The average Bonchev–Trinajstić information content (AvgIpc) is 2.64. The van der Waals surface area contributed by atoms with Gasteiger partial charge in [0, 0.05) is 26.1 Å². The molecule has 0 saturated carbocycles. The van der Waals surface area contributed by atoms with Crippen molar-refractivity contribution in [1.29, 1.82) is 0 Å². The van der Waals surface area contributed by atoms with Gasteiger partial charge in [-0.3, -0.25) is 9.69 Å². The maximum absolute atomic E-state index is 11.4. The number of hydrogen-bond acceptors (Lipinski definition) is 5. The normalized spacial score (nSPS) is 24.9. The Morgan fingerprint density at radius 2 is 1.89 bits per heavy atom. The summed E-state index contributed by atoms with van der Waals surface area (Å²) in [5.74, 6) is 3.02. The Kier molecular flexibility index (Phi) is 6.30. The first-order valence-electron chi connectivity index (χ1n) is 10.0. The SMILES string of the molecule is COc1cc2c(cc1OC)C1CC(COC(C)=O)C(CC(C)C)CN1CC2. The number of fused-ring (bicyclic) bond motifs is 3. The van der Waals surface area contributed by atoms with Gasteiger partial charge in [-0.25, -0.2) is 0 Å². The lowest BCUT2D eigenvalue weighted by atomic mass is 9.74. The molecule has 1 aromatic carbocycles. The van der Waals surface area contributed by atoms with Crippen LogP contribution in [0.2, 0.25) is 0 Å². The number of benzene rings is 1. The maximum Gasteiger partial charge on any atom is 0.302 e. The van der Waals surface area contributed by atoms with Gasteiger partial charge in [-0.2, -0.15) is 0 Å². The minimum atomic E-state index is -0.184. The van der Waals surface area contributed by atoms with Crippen molar-refractivity contribution in [3.63, 3.8) is 0 Å². The van der Waals surface area contributed by atoms with Crippen LogP contribution in [0.15, 0.2) is 12.1 Å². The van der Waals surface area contributed by atoms with E-state index in [9.17, 15) is 4.79 Å². The number of rotatable bonds is 6. The second kappa shape index (κ2) is 8.51. The molecule has 0 N–H and O–H groups in total. The molecule has 0 aromatic heterocycles. The van der Waals surface area contributed by atoms with Crippen molar-refractivity contribution in [2.45, 2.75) is 46.1 Å². The van der Waals surface area contributed by atoms with E-state index >= 15 is 0 Å². The quantitative estimate of drug-likeness (QED) is 0.707. The fourth-order valence-corrected chi connectivity index (χ4v) is 4.81. The number of nitrogens with zero attached hydrogens (tertiary/aromatic N) is 1. The second-order valence-electron chi connectivity index (χ2n) is 8.35. The third-order valence-electron chi connectivity index (χ3n) is 6.05. The van der Waals surface area contributed by atoms with E-state index in [4.69, 9.17) is 14.2 Å². The smallest absolute Gasteiger partial charge is 0.302 e. The molecule has 150 valence electrons. The second-order valence-corrected chi connectivity index (χ2v) is 8.35. The van der Waals surface area contributed by atoms with Gasteiger partial charge in [0.05, 0.1) is 20.8 Å². The van der Waals surface area contributed by atoms with Gasteiger partial charge in [-0.1, -0.05) is 13.8 Å². The molecular formula is C22H33NO4. The summed E-state index contributed by atoms with van der Waals surface area (Å²) in [4.78, 5) is 14.0. The summed E-state index contributed by atoms with van der Waals surface area (Å²) in [6, 6.07) is 4.64. The summed E-state index contributed by atoms with van der Waals surface area (Å²) in [5, 5.41) is 0. The highest BCUT2D eigenvalue weighted by Gasteiger charge is 2.39. The van der Waals surface area contributed by atoms with Crippen LogP contribution in [-0.4, -0.2) is 44.8 Å². The van der Waals surface area contributed by atoms with Gasteiger partial charge >= 0.3 is 5.97 Å².